The largest absolute Gasteiger partial charge is 0.497 e. The van der Waals surface area contributed by atoms with Crippen molar-refractivity contribution in [2.75, 3.05) is 13.7 Å². The van der Waals surface area contributed by atoms with Crippen LogP contribution in [0.1, 0.15) is 18.4 Å². The van der Waals surface area contributed by atoms with Crippen molar-refractivity contribution in [1.29, 1.82) is 0 Å². The number of halogens is 2. The minimum Gasteiger partial charge on any atom is -0.497 e. The van der Waals surface area contributed by atoms with Gasteiger partial charge < -0.3 is 9.84 Å². The maximum absolute atomic E-state index is 9.34. The van der Waals surface area contributed by atoms with E-state index in [1.54, 1.807) is 7.11 Å². The Hall–Kier alpha value is -0.440. The zero-order valence-corrected chi connectivity index (χ0v) is 10.7. The SMILES string of the molecule is COc1ccc([C@@H]2C(Cl)(Cl)[C@@]2(C)CO)cc1. The smallest absolute Gasteiger partial charge is 0.134 e. The van der Waals surface area contributed by atoms with E-state index >= 15 is 0 Å². The van der Waals surface area contributed by atoms with Gasteiger partial charge in [-0.3, -0.25) is 0 Å². The zero-order valence-electron chi connectivity index (χ0n) is 9.21. The first-order valence-electron chi connectivity index (χ1n) is 5.10. The van der Waals surface area contributed by atoms with E-state index in [4.69, 9.17) is 27.9 Å². The molecule has 0 aromatic heterocycles. The number of hydrogen-bond acceptors (Lipinski definition) is 2. The Morgan fingerprint density at radius 3 is 2.25 bits per heavy atom. The number of ether oxygens (including phenoxy) is 1. The van der Waals surface area contributed by atoms with E-state index in [2.05, 4.69) is 0 Å². The molecule has 1 aliphatic rings. The number of aliphatic hydroxyl groups excluding tert-OH is 1. The molecule has 1 aliphatic carbocycles. The summed E-state index contributed by atoms with van der Waals surface area (Å²) < 4.78 is 4.21. The lowest BCUT2D eigenvalue weighted by molar-refractivity contribution is 0.218. The number of alkyl halides is 2. The summed E-state index contributed by atoms with van der Waals surface area (Å²) in [5.41, 5.74) is 0.576. The maximum Gasteiger partial charge on any atom is 0.134 e. The predicted molar refractivity (Wildman–Crippen MR) is 65.4 cm³/mol. The average Bonchev–Trinajstić information content (AvgIpc) is 2.74. The predicted octanol–water partition coefficient (Wildman–Crippen LogP) is 2.96. The van der Waals surface area contributed by atoms with E-state index in [0.717, 1.165) is 11.3 Å². The summed E-state index contributed by atoms with van der Waals surface area (Å²) in [6, 6.07) is 7.61. The van der Waals surface area contributed by atoms with Crippen LogP contribution in [0.3, 0.4) is 0 Å². The standard InChI is InChI=1S/C12H14Cl2O2/c1-11(7-15)10(12(11,13)14)8-3-5-9(16-2)6-4-8/h3-6,10,15H,7H2,1-2H3/t10-,11-/m0/s1. The summed E-state index contributed by atoms with van der Waals surface area (Å²) >= 11 is 12.4. The summed E-state index contributed by atoms with van der Waals surface area (Å²) in [6.07, 6.45) is 0. The fourth-order valence-corrected chi connectivity index (χ4v) is 3.12. The molecule has 0 unspecified atom stereocenters. The van der Waals surface area contributed by atoms with Crippen LogP contribution in [-0.2, 0) is 0 Å². The van der Waals surface area contributed by atoms with Crippen LogP contribution in [0.4, 0.5) is 0 Å². The lowest BCUT2D eigenvalue weighted by atomic mass is 10.0. The van der Waals surface area contributed by atoms with Crippen LogP contribution in [0.15, 0.2) is 24.3 Å². The minimum atomic E-state index is -0.879. The Kier molecular flexibility index (Phi) is 2.85. The van der Waals surface area contributed by atoms with Crippen molar-refractivity contribution in [2.24, 2.45) is 5.41 Å². The summed E-state index contributed by atoms with van der Waals surface area (Å²) in [5.74, 6) is 0.768. The van der Waals surface area contributed by atoms with Crippen LogP contribution >= 0.6 is 23.2 Å². The molecular weight excluding hydrogens is 247 g/mol. The van der Waals surface area contributed by atoms with Gasteiger partial charge in [-0.1, -0.05) is 19.1 Å². The van der Waals surface area contributed by atoms with E-state index in [1.165, 1.54) is 0 Å². The van der Waals surface area contributed by atoms with Gasteiger partial charge in [-0.15, -0.1) is 23.2 Å². The third kappa shape index (κ3) is 1.52. The quantitative estimate of drug-likeness (QED) is 0.847. The van der Waals surface area contributed by atoms with Gasteiger partial charge in [-0.05, 0) is 17.7 Å². The van der Waals surface area contributed by atoms with Gasteiger partial charge in [0.1, 0.15) is 10.1 Å². The Morgan fingerprint density at radius 2 is 1.88 bits per heavy atom. The lowest BCUT2D eigenvalue weighted by Crippen LogP contribution is -2.09. The second-order valence-corrected chi connectivity index (χ2v) is 5.79. The maximum atomic E-state index is 9.34. The minimum absolute atomic E-state index is 0.0172. The van der Waals surface area contributed by atoms with Gasteiger partial charge in [-0.25, -0.2) is 0 Å². The molecule has 0 amide bonds. The topological polar surface area (TPSA) is 29.5 Å². The first-order chi connectivity index (χ1) is 7.47. The molecule has 1 saturated carbocycles. The Morgan fingerprint density at radius 1 is 1.31 bits per heavy atom. The summed E-state index contributed by atoms with van der Waals surface area (Å²) in [4.78, 5) is 0. The molecule has 0 spiro atoms. The summed E-state index contributed by atoms with van der Waals surface area (Å²) in [5, 5.41) is 9.34. The highest BCUT2D eigenvalue weighted by Crippen LogP contribution is 2.73. The molecule has 2 rings (SSSR count). The second kappa shape index (κ2) is 3.80. The zero-order chi connectivity index (χ0) is 12.0. The normalized spacial score (nSPS) is 31.2. The third-order valence-corrected chi connectivity index (χ3v) is 4.76. The van der Waals surface area contributed by atoms with Crippen LogP contribution in [0, 0.1) is 5.41 Å². The first-order valence-corrected chi connectivity index (χ1v) is 5.85. The average molecular weight is 261 g/mol. The number of rotatable bonds is 3. The molecule has 2 atom stereocenters. The Balaban J connectivity index is 2.27. The van der Waals surface area contributed by atoms with Crippen LogP contribution in [0.5, 0.6) is 5.75 Å². The number of methoxy groups -OCH3 is 1. The molecule has 1 aromatic rings. The van der Waals surface area contributed by atoms with Crippen molar-refractivity contribution >= 4 is 23.2 Å². The van der Waals surface area contributed by atoms with E-state index in [1.807, 2.05) is 31.2 Å². The van der Waals surface area contributed by atoms with Crippen molar-refractivity contribution in [3.05, 3.63) is 29.8 Å². The second-order valence-electron chi connectivity index (χ2n) is 4.40. The van der Waals surface area contributed by atoms with Crippen molar-refractivity contribution in [3.63, 3.8) is 0 Å². The van der Waals surface area contributed by atoms with Gasteiger partial charge in [0.2, 0.25) is 0 Å². The van der Waals surface area contributed by atoms with Crippen molar-refractivity contribution < 1.29 is 9.84 Å². The Labute approximate surface area is 105 Å². The van der Waals surface area contributed by atoms with Gasteiger partial charge in [0.05, 0.1) is 13.7 Å². The van der Waals surface area contributed by atoms with Gasteiger partial charge in [-0.2, -0.15) is 0 Å². The van der Waals surface area contributed by atoms with Crippen LogP contribution in [0.2, 0.25) is 0 Å². The molecule has 88 valence electrons. The molecule has 1 aromatic carbocycles. The number of benzene rings is 1. The van der Waals surface area contributed by atoms with E-state index in [0.29, 0.717) is 0 Å². The van der Waals surface area contributed by atoms with Crippen molar-refractivity contribution in [1.82, 2.24) is 0 Å². The molecular formula is C12H14Cl2O2. The Bertz CT molecular complexity index is 389. The molecule has 2 nitrogen and oxygen atoms in total. The highest BCUT2D eigenvalue weighted by atomic mass is 35.5. The van der Waals surface area contributed by atoms with E-state index in [9.17, 15) is 5.11 Å². The first kappa shape index (κ1) is 12.0. The lowest BCUT2D eigenvalue weighted by Gasteiger charge is -2.06. The van der Waals surface area contributed by atoms with Crippen LogP contribution < -0.4 is 4.74 Å². The van der Waals surface area contributed by atoms with Crippen molar-refractivity contribution in [3.8, 4) is 5.75 Å². The highest BCUT2D eigenvalue weighted by Gasteiger charge is 2.73. The monoisotopic (exact) mass is 260 g/mol. The molecule has 1 fully saturated rings. The molecule has 0 saturated heterocycles. The summed E-state index contributed by atoms with van der Waals surface area (Å²) in [7, 11) is 1.62. The molecule has 0 radical (unpaired) electrons. The van der Waals surface area contributed by atoms with E-state index in [-0.39, 0.29) is 12.5 Å². The van der Waals surface area contributed by atoms with Gasteiger partial charge in [0.25, 0.3) is 0 Å². The number of aliphatic hydroxyl groups is 1. The molecule has 0 bridgehead atoms. The van der Waals surface area contributed by atoms with Crippen molar-refractivity contribution in [2.45, 2.75) is 17.2 Å². The molecule has 1 N–H and O–H groups in total. The molecule has 0 aliphatic heterocycles. The molecule has 16 heavy (non-hydrogen) atoms. The summed E-state index contributed by atoms with van der Waals surface area (Å²) in [6.45, 7) is 1.87. The van der Waals surface area contributed by atoms with Crippen LogP contribution in [-0.4, -0.2) is 23.2 Å². The fourth-order valence-electron chi connectivity index (χ4n) is 2.15. The molecule has 0 heterocycles. The molecule has 4 heteroatoms. The van der Waals surface area contributed by atoms with E-state index < -0.39 is 9.75 Å². The van der Waals surface area contributed by atoms with Gasteiger partial charge in [0, 0.05) is 11.3 Å². The van der Waals surface area contributed by atoms with Gasteiger partial charge in [0.15, 0.2) is 0 Å². The highest BCUT2D eigenvalue weighted by molar-refractivity contribution is 6.52. The third-order valence-electron chi connectivity index (χ3n) is 3.46. The van der Waals surface area contributed by atoms with Gasteiger partial charge >= 0.3 is 0 Å². The fraction of sp³-hybridized carbons (Fsp3) is 0.500. The number of hydrogen-bond donors (Lipinski definition) is 1. The van der Waals surface area contributed by atoms with Crippen LogP contribution in [0.25, 0.3) is 0 Å².